The monoisotopic (exact) mass is 298 g/mol. The molecular weight excluding hydrogens is 276 g/mol. The van der Waals surface area contributed by atoms with Gasteiger partial charge in [-0.2, -0.15) is 0 Å². The van der Waals surface area contributed by atoms with Gasteiger partial charge in [0.25, 0.3) is 0 Å². The molecule has 0 aliphatic carbocycles. The van der Waals surface area contributed by atoms with Gasteiger partial charge in [0.15, 0.2) is 0 Å². The van der Waals surface area contributed by atoms with E-state index in [9.17, 15) is 4.79 Å². The number of nitrogens with one attached hydrogen (secondary N) is 1. The second-order valence-electron chi connectivity index (χ2n) is 6.55. The Morgan fingerprint density at radius 3 is 2.73 bits per heavy atom. The van der Waals surface area contributed by atoms with Crippen LogP contribution in [-0.4, -0.2) is 41.1 Å². The van der Waals surface area contributed by atoms with Gasteiger partial charge in [-0.15, -0.1) is 0 Å². The summed E-state index contributed by atoms with van der Waals surface area (Å²) in [5.74, 6) is 0.270. The first-order valence-electron chi connectivity index (χ1n) is 8.15. The van der Waals surface area contributed by atoms with Crippen LogP contribution in [0.2, 0.25) is 0 Å². The summed E-state index contributed by atoms with van der Waals surface area (Å²) < 4.78 is 5.52. The lowest BCUT2D eigenvalue weighted by Crippen LogP contribution is -2.48. The summed E-state index contributed by atoms with van der Waals surface area (Å²) in [4.78, 5) is 18.2. The number of methoxy groups -OCH3 is 1. The summed E-state index contributed by atoms with van der Waals surface area (Å²) in [6, 6.07) is 8.93. The van der Waals surface area contributed by atoms with Crippen LogP contribution in [-0.2, 0) is 16.0 Å². The van der Waals surface area contributed by atoms with Gasteiger partial charge >= 0.3 is 0 Å². The SMILES string of the molecule is COC1CC2CCC(C1)N2C(=O)Cc1c[nH]c2ccccc12. The molecule has 0 radical (unpaired) electrons. The Morgan fingerprint density at radius 2 is 2.00 bits per heavy atom. The van der Waals surface area contributed by atoms with Gasteiger partial charge in [-0.3, -0.25) is 4.79 Å². The number of H-pyrrole nitrogens is 1. The number of aromatic nitrogens is 1. The van der Waals surface area contributed by atoms with Crippen molar-refractivity contribution in [2.24, 2.45) is 0 Å². The molecule has 4 rings (SSSR count). The third kappa shape index (κ3) is 2.22. The lowest BCUT2D eigenvalue weighted by molar-refractivity contribution is -0.137. The summed E-state index contributed by atoms with van der Waals surface area (Å²) in [7, 11) is 1.79. The van der Waals surface area contributed by atoms with Gasteiger partial charge in [0.2, 0.25) is 5.91 Å². The molecule has 2 aliphatic heterocycles. The highest BCUT2D eigenvalue weighted by Crippen LogP contribution is 2.37. The highest BCUT2D eigenvalue weighted by Gasteiger charge is 2.43. The zero-order valence-corrected chi connectivity index (χ0v) is 12.9. The van der Waals surface area contributed by atoms with Crippen molar-refractivity contribution in [1.29, 1.82) is 0 Å². The van der Waals surface area contributed by atoms with Crippen LogP contribution in [0.15, 0.2) is 30.5 Å². The molecule has 2 bridgehead atoms. The van der Waals surface area contributed by atoms with Crippen molar-refractivity contribution < 1.29 is 9.53 Å². The second kappa shape index (κ2) is 5.43. The smallest absolute Gasteiger partial charge is 0.227 e. The summed E-state index contributed by atoms with van der Waals surface area (Å²) >= 11 is 0. The Balaban J connectivity index is 1.53. The first-order valence-corrected chi connectivity index (χ1v) is 8.15. The number of para-hydroxylation sites is 1. The molecule has 2 fully saturated rings. The molecule has 2 unspecified atom stereocenters. The van der Waals surface area contributed by atoms with E-state index in [2.05, 4.69) is 22.0 Å². The highest BCUT2D eigenvalue weighted by atomic mass is 16.5. The first kappa shape index (κ1) is 13.8. The predicted molar refractivity (Wildman–Crippen MR) is 85.7 cm³/mol. The van der Waals surface area contributed by atoms with E-state index in [0.29, 0.717) is 24.6 Å². The van der Waals surface area contributed by atoms with E-state index < -0.39 is 0 Å². The third-order valence-corrected chi connectivity index (χ3v) is 5.33. The zero-order chi connectivity index (χ0) is 15.1. The Hall–Kier alpha value is -1.81. The third-order valence-electron chi connectivity index (χ3n) is 5.33. The summed E-state index contributed by atoms with van der Waals surface area (Å²) in [6.45, 7) is 0. The van der Waals surface area contributed by atoms with E-state index in [1.807, 2.05) is 18.3 Å². The quantitative estimate of drug-likeness (QED) is 0.947. The number of aromatic amines is 1. The predicted octanol–water partition coefficient (Wildman–Crippen LogP) is 2.88. The summed E-state index contributed by atoms with van der Waals surface area (Å²) in [5, 5.41) is 1.16. The topological polar surface area (TPSA) is 45.3 Å². The van der Waals surface area contributed by atoms with Crippen molar-refractivity contribution in [2.75, 3.05) is 7.11 Å². The highest BCUT2D eigenvalue weighted by molar-refractivity contribution is 5.89. The summed E-state index contributed by atoms with van der Waals surface area (Å²) in [6.07, 6.45) is 7.05. The van der Waals surface area contributed by atoms with Gasteiger partial charge in [0, 0.05) is 36.3 Å². The number of piperidine rings is 1. The molecule has 1 amide bonds. The van der Waals surface area contributed by atoms with Crippen molar-refractivity contribution in [3.8, 4) is 0 Å². The molecule has 2 aromatic rings. The number of hydrogen-bond acceptors (Lipinski definition) is 2. The lowest BCUT2D eigenvalue weighted by Gasteiger charge is -2.38. The number of nitrogens with zero attached hydrogens (tertiary/aromatic N) is 1. The maximum Gasteiger partial charge on any atom is 0.227 e. The van der Waals surface area contributed by atoms with E-state index in [0.717, 1.165) is 42.1 Å². The van der Waals surface area contributed by atoms with Crippen LogP contribution >= 0.6 is 0 Å². The molecule has 0 spiro atoms. The molecule has 2 saturated heterocycles. The van der Waals surface area contributed by atoms with Gasteiger partial charge in [0.05, 0.1) is 12.5 Å². The number of rotatable bonds is 3. The molecular formula is C18H22N2O2. The Kier molecular flexibility index (Phi) is 3.41. The normalized spacial score (nSPS) is 27.5. The average Bonchev–Trinajstić information content (AvgIpc) is 3.06. The lowest BCUT2D eigenvalue weighted by atomic mass is 9.98. The van der Waals surface area contributed by atoms with Crippen LogP contribution in [0.1, 0.15) is 31.2 Å². The number of carbonyl (C=O) groups is 1. The molecule has 2 aliphatic rings. The van der Waals surface area contributed by atoms with Crippen molar-refractivity contribution in [3.63, 3.8) is 0 Å². The molecule has 1 aromatic heterocycles. The van der Waals surface area contributed by atoms with Gasteiger partial charge in [0.1, 0.15) is 0 Å². The number of fused-ring (bicyclic) bond motifs is 3. The Labute approximate surface area is 130 Å². The van der Waals surface area contributed by atoms with Gasteiger partial charge in [-0.25, -0.2) is 0 Å². The Bertz CT molecular complexity index is 679. The zero-order valence-electron chi connectivity index (χ0n) is 12.9. The number of hydrogen-bond donors (Lipinski definition) is 1. The summed E-state index contributed by atoms with van der Waals surface area (Å²) in [5.41, 5.74) is 2.21. The number of benzene rings is 1. The maximum atomic E-state index is 12.8. The van der Waals surface area contributed by atoms with Crippen molar-refractivity contribution in [2.45, 2.75) is 50.3 Å². The molecule has 0 saturated carbocycles. The van der Waals surface area contributed by atoms with Gasteiger partial charge in [-0.05, 0) is 37.3 Å². The first-order chi connectivity index (χ1) is 10.8. The van der Waals surface area contributed by atoms with E-state index in [1.54, 1.807) is 7.11 Å². The minimum absolute atomic E-state index is 0.270. The fourth-order valence-electron chi connectivity index (χ4n) is 4.26. The van der Waals surface area contributed by atoms with Crippen LogP contribution in [0.5, 0.6) is 0 Å². The van der Waals surface area contributed by atoms with E-state index in [-0.39, 0.29) is 5.91 Å². The molecule has 116 valence electrons. The minimum atomic E-state index is 0.270. The largest absolute Gasteiger partial charge is 0.381 e. The van der Waals surface area contributed by atoms with Crippen molar-refractivity contribution in [1.82, 2.24) is 9.88 Å². The van der Waals surface area contributed by atoms with E-state index in [1.165, 1.54) is 0 Å². The van der Waals surface area contributed by atoms with Crippen LogP contribution in [0.25, 0.3) is 10.9 Å². The molecule has 3 heterocycles. The van der Waals surface area contributed by atoms with Crippen LogP contribution < -0.4 is 0 Å². The van der Waals surface area contributed by atoms with E-state index in [4.69, 9.17) is 4.74 Å². The standard InChI is InChI=1S/C18H22N2O2/c1-22-15-9-13-6-7-14(10-15)20(13)18(21)8-12-11-19-17-5-3-2-4-16(12)17/h2-5,11,13-15,19H,6-10H2,1H3. The van der Waals surface area contributed by atoms with Crippen molar-refractivity contribution >= 4 is 16.8 Å². The molecule has 1 aromatic carbocycles. The minimum Gasteiger partial charge on any atom is -0.381 e. The van der Waals surface area contributed by atoms with Crippen LogP contribution in [0.3, 0.4) is 0 Å². The maximum absolute atomic E-state index is 12.8. The molecule has 4 nitrogen and oxygen atoms in total. The van der Waals surface area contributed by atoms with E-state index >= 15 is 0 Å². The van der Waals surface area contributed by atoms with Crippen molar-refractivity contribution in [3.05, 3.63) is 36.0 Å². The Morgan fingerprint density at radius 1 is 1.27 bits per heavy atom. The molecule has 22 heavy (non-hydrogen) atoms. The molecule has 2 atom stereocenters. The van der Waals surface area contributed by atoms with Gasteiger partial charge in [-0.1, -0.05) is 18.2 Å². The number of carbonyl (C=O) groups excluding carboxylic acids is 1. The van der Waals surface area contributed by atoms with Crippen LogP contribution in [0.4, 0.5) is 0 Å². The number of amides is 1. The number of ether oxygens (including phenoxy) is 1. The molecule has 1 N–H and O–H groups in total. The second-order valence-corrected chi connectivity index (χ2v) is 6.55. The van der Waals surface area contributed by atoms with Gasteiger partial charge < -0.3 is 14.6 Å². The molecule has 4 heteroatoms. The van der Waals surface area contributed by atoms with Crippen LogP contribution in [0, 0.1) is 0 Å². The average molecular weight is 298 g/mol. The fourth-order valence-corrected chi connectivity index (χ4v) is 4.26. The fraction of sp³-hybridized carbons (Fsp3) is 0.500.